The molecule has 0 radical (unpaired) electrons. The number of phosphoric acid groups is 1. The lowest BCUT2D eigenvalue weighted by molar-refractivity contribution is 0.1000. The number of carbonyl (C=O) groups excluding carboxylic acids is 1. The Bertz CT molecular complexity index is 650. The molecule has 0 saturated heterocycles. The summed E-state index contributed by atoms with van der Waals surface area (Å²) in [5.74, 6) is -0.382. The zero-order valence-corrected chi connectivity index (χ0v) is 12.4. The van der Waals surface area contributed by atoms with Gasteiger partial charge in [0.2, 0.25) is 0 Å². The summed E-state index contributed by atoms with van der Waals surface area (Å²) in [6.45, 7) is 0. The lowest BCUT2D eigenvalue weighted by Gasteiger charge is -2.01. The van der Waals surface area contributed by atoms with Crippen molar-refractivity contribution in [2.24, 2.45) is 5.73 Å². The van der Waals surface area contributed by atoms with E-state index in [1.165, 1.54) is 17.4 Å². The fourth-order valence-electron chi connectivity index (χ4n) is 1.09. The number of benzene rings is 1. The van der Waals surface area contributed by atoms with Gasteiger partial charge in [-0.15, -0.1) is 11.3 Å². The minimum Gasteiger partial charge on any atom is -0.508 e. The van der Waals surface area contributed by atoms with Crippen LogP contribution in [0.4, 0.5) is 0 Å². The van der Waals surface area contributed by atoms with Crippen molar-refractivity contribution in [3.05, 3.63) is 23.2 Å². The summed E-state index contributed by atoms with van der Waals surface area (Å²) in [7, 11) is -1.45. The number of phosphoric ester groups is 1. The molecule has 20 heavy (non-hydrogen) atoms. The van der Waals surface area contributed by atoms with E-state index in [1.54, 1.807) is 12.1 Å². The average Bonchev–Trinajstić information content (AvgIpc) is 2.82. The number of nitrogens with zero attached hydrogens (tertiary/aromatic N) is 1. The fraction of sp³-hybridized carbons (Fsp3) is 0.200. The van der Waals surface area contributed by atoms with Crippen LogP contribution in [0.5, 0.6) is 5.75 Å². The second-order valence-electron chi connectivity index (χ2n) is 3.37. The van der Waals surface area contributed by atoms with Crippen LogP contribution in [-0.4, -0.2) is 35.1 Å². The molecular weight excluding hydrogens is 307 g/mol. The molecule has 0 spiro atoms. The Morgan fingerprint density at radius 1 is 1.40 bits per heavy atom. The predicted molar refractivity (Wildman–Crippen MR) is 73.6 cm³/mol. The van der Waals surface area contributed by atoms with Crippen molar-refractivity contribution in [2.75, 3.05) is 14.2 Å². The molecule has 0 saturated carbocycles. The van der Waals surface area contributed by atoms with E-state index in [1.807, 2.05) is 0 Å². The number of hydrogen-bond acceptors (Lipinski definition) is 7. The van der Waals surface area contributed by atoms with Crippen molar-refractivity contribution < 1.29 is 28.4 Å². The fourth-order valence-corrected chi connectivity index (χ4v) is 2.09. The molecular formula is C10H13N2O6PS. The third kappa shape index (κ3) is 4.55. The Morgan fingerprint density at radius 2 is 2.00 bits per heavy atom. The summed E-state index contributed by atoms with van der Waals surface area (Å²) in [5, 5.41) is 9.41. The van der Waals surface area contributed by atoms with Gasteiger partial charge < -0.3 is 15.7 Å². The highest BCUT2D eigenvalue weighted by molar-refractivity contribution is 7.47. The van der Waals surface area contributed by atoms with E-state index < -0.39 is 13.7 Å². The van der Waals surface area contributed by atoms with E-state index in [9.17, 15) is 9.36 Å². The molecule has 0 bridgehead atoms. The molecule has 2 rings (SSSR count). The van der Waals surface area contributed by atoms with Crippen LogP contribution in [0.2, 0.25) is 0 Å². The van der Waals surface area contributed by atoms with Crippen LogP contribution in [0, 0.1) is 0 Å². The number of aromatic nitrogens is 1. The molecule has 0 aliphatic carbocycles. The number of amides is 1. The maximum atomic E-state index is 10.8. The minimum absolute atomic E-state index is 0.159. The summed E-state index contributed by atoms with van der Waals surface area (Å²) < 4.78 is 18.8. The van der Waals surface area contributed by atoms with Crippen LogP contribution in [-0.2, 0) is 13.6 Å². The smallest absolute Gasteiger partial charge is 0.471 e. The molecule has 0 unspecified atom stereocenters. The first-order valence-corrected chi connectivity index (χ1v) is 7.44. The Hall–Kier alpha value is -1.51. The third-order valence-corrected chi connectivity index (χ3v) is 4.00. The monoisotopic (exact) mass is 320 g/mol. The molecule has 1 heterocycles. The van der Waals surface area contributed by atoms with E-state index in [-0.39, 0.29) is 10.8 Å². The van der Waals surface area contributed by atoms with Gasteiger partial charge in [-0.3, -0.25) is 13.8 Å². The largest absolute Gasteiger partial charge is 0.508 e. The van der Waals surface area contributed by atoms with Gasteiger partial charge in [-0.25, -0.2) is 9.55 Å². The summed E-state index contributed by atoms with van der Waals surface area (Å²) in [4.78, 5) is 23.0. The SMILES string of the molecule is COP(=O)(O)OC.NC(=O)c1nc2ccc(O)cc2s1. The normalized spacial score (nSPS) is 10.9. The molecule has 0 aliphatic rings. The van der Waals surface area contributed by atoms with Crippen molar-refractivity contribution in [2.45, 2.75) is 0 Å². The van der Waals surface area contributed by atoms with Gasteiger partial charge in [0.1, 0.15) is 5.75 Å². The summed E-state index contributed by atoms with van der Waals surface area (Å²) >= 11 is 1.17. The maximum Gasteiger partial charge on any atom is 0.471 e. The maximum absolute atomic E-state index is 10.8. The molecule has 8 nitrogen and oxygen atoms in total. The van der Waals surface area contributed by atoms with Gasteiger partial charge in [0, 0.05) is 14.2 Å². The highest BCUT2D eigenvalue weighted by Gasteiger charge is 2.13. The molecule has 1 aromatic carbocycles. The number of thiazole rings is 1. The first kappa shape index (κ1) is 16.5. The molecule has 2 aromatic rings. The van der Waals surface area contributed by atoms with Crippen LogP contribution in [0.15, 0.2) is 18.2 Å². The summed E-state index contributed by atoms with van der Waals surface area (Å²) in [5.41, 5.74) is 5.74. The lowest BCUT2D eigenvalue weighted by atomic mass is 10.3. The highest BCUT2D eigenvalue weighted by atomic mass is 32.1. The summed E-state index contributed by atoms with van der Waals surface area (Å²) in [6.07, 6.45) is 0. The first-order valence-electron chi connectivity index (χ1n) is 5.12. The number of primary amides is 1. The molecule has 1 amide bonds. The minimum atomic E-state index is -3.65. The second kappa shape index (κ2) is 6.78. The van der Waals surface area contributed by atoms with Crippen LogP contribution in [0.25, 0.3) is 10.2 Å². The van der Waals surface area contributed by atoms with Crippen LogP contribution < -0.4 is 5.73 Å². The van der Waals surface area contributed by atoms with Crippen molar-refractivity contribution in [1.29, 1.82) is 0 Å². The zero-order chi connectivity index (χ0) is 15.3. The Balaban J connectivity index is 0.000000246. The Morgan fingerprint density at radius 3 is 2.45 bits per heavy atom. The van der Waals surface area contributed by atoms with Crippen molar-refractivity contribution in [3.63, 3.8) is 0 Å². The van der Waals surface area contributed by atoms with E-state index in [0.29, 0.717) is 5.52 Å². The Kier molecular flexibility index (Phi) is 5.61. The first-order chi connectivity index (χ1) is 9.29. The zero-order valence-electron chi connectivity index (χ0n) is 10.6. The Labute approximate surface area is 118 Å². The van der Waals surface area contributed by atoms with E-state index >= 15 is 0 Å². The van der Waals surface area contributed by atoms with Gasteiger partial charge in [-0.2, -0.15) is 0 Å². The van der Waals surface area contributed by atoms with Crippen molar-refractivity contribution in [1.82, 2.24) is 4.98 Å². The van der Waals surface area contributed by atoms with E-state index in [0.717, 1.165) is 18.9 Å². The van der Waals surface area contributed by atoms with Gasteiger partial charge in [-0.1, -0.05) is 0 Å². The molecule has 4 N–H and O–H groups in total. The summed E-state index contributed by atoms with van der Waals surface area (Å²) in [6, 6.07) is 4.72. The number of fused-ring (bicyclic) bond motifs is 1. The van der Waals surface area contributed by atoms with Crippen molar-refractivity contribution >= 4 is 35.3 Å². The van der Waals surface area contributed by atoms with Crippen molar-refractivity contribution in [3.8, 4) is 5.75 Å². The van der Waals surface area contributed by atoms with Gasteiger partial charge in [0.25, 0.3) is 5.91 Å². The quantitative estimate of drug-likeness (QED) is 0.730. The second-order valence-corrected chi connectivity index (χ2v) is 6.07. The number of rotatable bonds is 3. The topological polar surface area (TPSA) is 132 Å². The molecule has 0 atom stereocenters. The number of nitrogens with two attached hydrogens (primary N) is 1. The van der Waals surface area contributed by atoms with E-state index in [2.05, 4.69) is 14.0 Å². The molecule has 10 heteroatoms. The number of carbonyl (C=O) groups is 1. The molecule has 0 fully saturated rings. The van der Waals surface area contributed by atoms with Gasteiger partial charge in [0.05, 0.1) is 10.2 Å². The van der Waals surface area contributed by atoms with Gasteiger partial charge in [0.15, 0.2) is 5.01 Å². The van der Waals surface area contributed by atoms with Crippen LogP contribution in [0.3, 0.4) is 0 Å². The standard InChI is InChI=1S/C8H6N2O2S.C2H7O4P/c9-7(12)8-10-5-2-1-4(11)3-6(5)13-8;1-5-7(3,4)6-2/h1-3,11H,(H2,9,12);1-2H3,(H,3,4). The number of hydrogen-bond donors (Lipinski definition) is 3. The molecule has 1 aromatic heterocycles. The average molecular weight is 320 g/mol. The van der Waals surface area contributed by atoms with Gasteiger partial charge in [-0.05, 0) is 18.2 Å². The predicted octanol–water partition coefficient (Wildman–Crippen LogP) is 1.48. The van der Waals surface area contributed by atoms with Gasteiger partial charge >= 0.3 is 7.82 Å². The van der Waals surface area contributed by atoms with Crippen LogP contribution >= 0.6 is 19.2 Å². The highest BCUT2D eigenvalue weighted by Crippen LogP contribution is 2.40. The lowest BCUT2D eigenvalue weighted by Crippen LogP contribution is -2.09. The molecule has 0 aliphatic heterocycles. The third-order valence-electron chi connectivity index (χ3n) is 2.04. The van der Waals surface area contributed by atoms with Crippen LogP contribution in [0.1, 0.15) is 9.80 Å². The van der Waals surface area contributed by atoms with E-state index in [4.69, 9.17) is 15.7 Å². The number of phenols is 1. The number of phenolic OH excluding ortho intramolecular Hbond substituents is 1. The number of aromatic hydroxyl groups is 1. The molecule has 110 valence electrons.